The van der Waals surface area contributed by atoms with Crippen molar-refractivity contribution in [2.45, 2.75) is 12.5 Å². The highest BCUT2D eigenvalue weighted by atomic mass is 19.1. The minimum atomic E-state index is -1.17. The molecule has 1 heterocycles. The minimum Gasteiger partial charge on any atom is -0.481 e. The van der Waals surface area contributed by atoms with E-state index in [-0.39, 0.29) is 24.3 Å². The number of primary amides is 1. The van der Waals surface area contributed by atoms with Crippen LogP contribution in [0.1, 0.15) is 16.8 Å². The van der Waals surface area contributed by atoms with Crippen LogP contribution in [0.15, 0.2) is 18.2 Å². The summed E-state index contributed by atoms with van der Waals surface area (Å²) in [5.74, 6) is -3.43. The van der Waals surface area contributed by atoms with Gasteiger partial charge in [-0.2, -0.15) is 0 Å². The second-order valence-electron chi connectivity index (χ2n) is 4.60. The zero-order valence-corrected chi connectivity index (χ0v) is 11.0. The van der Waals surface area contributed by atoms with E-state index in [2.05, 4.69) is 5.32 Å². The molecule has 0 aromatic heterocycles. The van der Waals surface area contributed by atoms with Gasteiger partial charge in [-0.15, -0.1) is 0 Å². The summed E-state index contributed by atoms with van der Waals surface area (Å²) in [4.78, 5) is 35.6. The number of piperazine rings is 1. The van der Waals surface area contributed by atoms with Crippen LogP contribution in [0.4, 0.5) is 10.1 Å². The number of nitrogens with one attached hydrogen (secondary N) is 1. The Bertz CT molecular complexity index is 605. The van der Waals surface area contributed by atoms with Gasteiger partial charge in [0.1, 0.15) is 11.9 Å². The quantitative estimate of drug-likeness (QED) is 0.706. The highest BCUT2D eigenvalue weighted by Gasteiger charge is 2.34. The van der Waals surface area contributed by atoms with Gasteiger partial charge >= 0.3 is 5.97 Å². The lowest BCUT2D eigenvalue weighted by atomic mass is 10.0. The van der Waals surface area contributed by atoms with Crippen LogP contribution >= 0.6 is 0 Å². The molecule has 1 fully saturated rings. The lowest BCUT2D eigenvalue weighted by molar-refractivity contribution is -0.139. The van der Waals surface area contributed by atoms with Crippen LogP contribution < -0.4 is 16.0 Å². The molecule has 0 aliphatic carbocycles. The number of halogens is 1. The molecule has 1 unspecified atom stereocenters. The number of nitrogens with zero attached hydrogens (tertiary/aromatic N) is 1. The van der Waals surface area contributed by atoms with Gasteiger partial charge in [-0.05, 0) is 12.1 Å². The highest BCUT2D eigenvalue weighted by Crippen LogP contribution is 2.26. The molecule has 2 rings (SSSR count). The molecule has 0 radical (unpaired) electrons. The monoisotopic (exact) mass is 295 g/mol. The molecule has 1 atom stereocenters. The summed E-state index contributed by atoms with van der Waals surface area (Å²) in [6, 6.07) is 2.88. The summed E-state index contributed by atoms with van der Waals surface area (Å²) in [7, 11) is 0. The van der Waals surface area contributed by atoms with Crippen molar-refractivity contribution < 1.29 is 23.9 Å². The first-order valence-electron chi connectivity index (χ1n) is 6.26. The van der Waals surface area contributed by atoms with Gasteiger partial charge in [0.2, 0.25) is 5.91 Å². The van der Waals surface area contributed by atoms with Gasteiger partial charge in [-0.3, -0.25) is 14.4 Å². The number of nitrogens with two attached hydrogens (primary N) is 1. The molecule has 112 valence electrons. The zero-order chi connectivity index (χ0) is 15.6. The Morgan fingerprint density at radius 3 is 2.81 bits per heavy atom. The fourth-order valence-corrected chi connectivity index (χ4v) is 2.37. The van der Waals surface area contributed by atoms with E-state index in [1.165, 1.54) is 17.0 Å². The molecule has 8 heteroatoms. The molecule has 1 aromatic carbocycles. The predicted molar refractivity (Wildman–Crippen MR) is 71.3 cm³/mol. The number of carbonyl (C=O) groups is 3. The molecule has 0 saturated carbocycles. The molecule has 7 nitrogen and oxygen atoms in total. The number of benzene rings is 1. The Kier molecular flexibility index (Phi) is 4.06. The maximum atomic E-state index is 13.8. The first kappa shape index (κ1) is 14.8. The van der Waals surface area contributed by atoms with Crippen molar-refractivity contribution in [3.05, 3.63) is 29.6 Å². The smallest absolute Gasteiger partial charge is 0.305 e. The summed E-state index contributed by atoms with van der Waals surface area (Å²) in [5, 5.41) is 11.5. The van der Waals surface area contributed by atoms with Crippen molar-refractivity contribution >= 4 is 23.5 Å². The van der Waals surface area contributed by atoms with Gasteiger partial charge in [0.05, 0.1) is 17.7 Å². The zero-order valence-electron chi connectivity index (χ0n) is 11.0. The molecular weight excluding hydrogens is 281 g/mol. The number of carboxylic acid groups (broad SMARTS) is 1. The lowest BCUT2D eigenvalue weighted by Crippen LogP contribution is -2.56. The van der Waals surface area contributed by atoms with Crippen molar-refractivity contribution in [2.75, 3.05) is 18.0 Å². The predicted octanol–water partition coefficient (Wildman–Crippen LogP) is -0.296. The lowest BCUT2D eigenvalue weighted by Gasteiger charge is -2.36. The fourth-order valence-electron chi connectivity index (χ4n) is 2.37. The number of hydrogen-bond acceptors (Lipinski definition) is 4. The maximum absolute atomic E-state index is 13.8. The molecular formula is C13H14FN3O4. The number of hydrogen-bond donors (Lipinski definition) is 3. The van der Waals surface area contributed by atoms with Crippen LogP contribution in [0.2, 0.25) is 0 Å². The van der Waals surface area contributed by atoms with Crippen LogP contribution in [0.5, 0.6) is 0 Å². The number of aliphatic carboxylic acids is 1. The van der Waals surface area contributed by atoms with E-state index < -0.39 is 36.1 Å². The molecule has 4 N–H and O–H groups in total. The average Bonchev–Trinajstić information content (AvgIpc) is 2.40. The Balaban J connectivity index is 2.47. The first-order chi connectivity index (χ1) is 9.91. The summed E-state index contributed by atoms with van der Waals surface area (Å²) in [6.07, 6.45) is -0.458. The van der Waals surface area contributed by atoms with Gasteiger partial charge in [-0.1, -0.05) is 6.07 Å². The fraction of sp³-hybridized carbons (Fsp3) is 0.308. The van der Waals surface area contributed by atoms with E-state index >= 15 is 0 Å². The van der Waals surface area contributed by atoms with Crippen molar-refractivity contribution in [1.82, 2.24) is 5.32 Å². The maximum Gasteiger partial charge on any atom is 0.305 e. The summed E-state index contributed by atoms with van der Waals surface area (Å²) in [5.41, 5.74) is 4.96. The van der Waals surface area contributed by atoms with Crippen molar-refractivity contribution in [3.63, 3.8) is 0 Å². The molecule has 1 saturated heterocycles. The number of carboxylic acids is 1. The van der Waals surface area contributed by atoms with Gasteiger partial charge < -0.3 is 21.1 Å². The summed E-state index contributed by atoms with van der Waals surface area (Å²) >= 11 is 0. The Hall–Kier alpha value is -2.64. The Morgan fingerprint density at radius 2 is 2.19 bits per heavy atom. The number of anilines is 1. The van der Waals surface area contributed by atoms with Gasteiger partial charge in [0, 0.05) is 13.1 Å². The minimum absolute atomic E-state index is 0.128. The van der Waals surface area contributed by atoms with Crippen molar-refractivity contribution in [2.24, 2.45) is 5.73 Å². The Labute approximate surface area is 119 Å². The first-order valence-corrected chi connectivity index (χ1v) is 6.26. The van der Waals surface area contributed by atoms with Crippen LogP contribution in [0.25, 0.3) is 0 Å². The molecule has 1 aromatic rings. The van der Waals surface area contributed by atoms with Crippen LogP contribution in [0, 0.1) is 5.82 Å². The van der Waals surface area contributed by atoms with E-state index in [0.717, 1.165) is 6.07 Å². The standard InChI is InChI=1S/C13H14FN3O4/c14-7-2-1-3-8(11(7)12(15)20)17-5-4-16-13(21)9(17)6-10(18)19/h1-3,9H,4-6H2,(H2,15,20)(H,16,21)(H,18,19). The second kappa shape index (κ2) is 5.78. The van der Waals surface area contributed by atoms with Gasteiger partial charge in [-0.25, -0.2) is 4.39 Å². The largest absolute Gasteiger partial charge is 0.481 e. The third-order valence-corrected chi connectivity index (χ3v) is 3.25. The van der Waals surface area contributed by atoms with E-state index in [1.807, 2.05) is 0 Å². The second-order valence-corrected chi connectivity index (χ2v) is 4.60. The third-order valence-electron chi connectivity index (χ3n) is 3.25. The molecule has 0 bridgehead atoms. The van der Waals surface area contributed by atoms with Crippen LogP contribution in [0.3, 0.4) is 0 Å². The van der Waals surface area contributed by atoms with Crippen molar-refractivity contribution in [3.8, 4) is 0 Å². The van der Waals surface area contributed by atoms with E-state index in [1.54, 1.807) is 0 Å². The normalized spacial score (nSPS) is 18.2. The SMILES string of the molecule is NC(=O)c1c(F)cccc1N1CCNC(=O)C1CC(=O)O. The van der Waals surface area contributed by atoms with Crippen LogP contribution in [-0.2, 0) is 9.59 Å². The van der Waals surface area contributed by atoms with E-state index in [0.29, 0.717) is 0 Å². The van der Waals surface area contributed by atoms with Crippen molar-refractivity contribution in [1.29, 1.82) is 0 Å². The molecule has 1 aliphatic rings. The van der Waals surface area contributed by atoms with E-state index in [4.69, 9.17) is 10.8 Å². The number of rotatable bonds is 4. The number of amides is 2. The third kappa shape index (κ3) is 2.93. The molecule has 21 heavy (non-hydrogen) atoms. The van der Waals surface area contributed by atoms with Gasteiger partial charge in [0.25, 0.3) is 5.91 Å². The summed E-state index contributed by atoms with van der Waals surface area (Å²) in [6.45, 7) is 0.525. The Morgan fingerprint density at radius 1 is 1.48 bits per heavy atom. The summed E-state index contributed by atoms with van der Waals surface area (Å²) < 4.78 is 13.8. The number of carbonyl (C=O) groups excluding carboxylic acids is 2. The van der Waals surface area contributed by atoms with Gasteiger partial charge in [0.15, 0.2) is 0 Å². The average molecular weight is 295 g/mol. The van der Waals surface area contributed by atoms with E-state index in [9.17, 15) is 18.8 Å². The molecule has 2 amide bonds. The molecule has 0 spiro atoms. The topological polar surface area (TPSA) is 113 Å². The van der Waals surface area contributed by atoms with Crippen LogP contribution in [-0.4, -0.2) is 42.0 Å². The molecule has 1 aliphatic heterocycles. The highest BCUT2D eigenvalue weighted by molar-refractivity contribution is 6.00.